The van der Waals surface area contributed by atoms with E-state index < -0.39 is 0 Å². The molecule has 0 bridgehead atoms. The maximum Gasteiger partial charge on any atom is 0.237 e. The minimum Gasteiger partial charge on any atom is -0.325 e. The number of benzene rings is 3. The van der Waals surface area contributed by atoms with Gasteiger partial charge in [-0.3, -0.25) is 4.79 Å². The Morgan fingerprint density at radius 1 is 1.00 bits per heavy atom. The molecule has 29 heavy (non-hydrogen) atoms. The summed E-state index contributed by atoms with van der Waals surface area (Å²) in [5.74, 6) is 0.818. The van der Waals surface area contributed by atoms with E-state index in [9.17, 15) is 4.79 Å². The molecule has 3 aromatic carbocycles. The van der Waals surface area contributed by atoms with Crippen molar-refractivity contribution in [1.29, 1.82) is 0 Å². The standard InChI is InChI=1S/C23H22N4OS/c1-16(22(28)24-20-13-12-18-10-6-7-11-19(18)15-20)29-23-26-25-21(27(23)2)14-17-8-4-3-5-9-17/h3-13,15-16H,14H2,1-2H3,(H,24,28)/t16-/m0/s1. The van der Waals surface area contributed by atoms with Crippen LogP contribution in [0.5, 0.6) is 0 Å². The van der Waals surface area contributed by atoms with Crippen LogP contribution in [-0.4, -0.2) is 25.9 Å². The van der Waals surface area contributed by atoms with E-state index in [1.54, 1.807) is 0 Å². The Bertz CT molecular complexity index is 1140. The highest BCUT2D eigenvalue weighted by Gasteiger charge is 2.19. The number of rotatable bonds is 6. The van der Waals surface area contributed by atoms with Gasteiger partial charge in [0.05, 0.1) is 5.25 Å². The number of thioether (sulfide) groups is 1. The smallest absolute Gasteiger partial charge is 0.237 e. The number of hydrogen-bond acceptors (Lipinski definition) is 4. The quantitative estimate of drug-likeness (QED) is 0.476. The molecule has 0 unspecified atom stereocenters. The lowest BCUT2D eigenvalue weighted by Gasteiger charge is -2.12. The monoisotopic (exact) mass is 402 g/mol. The van der Waals surface area contributed by atoms with Gasteiger partial charge in [-0.05, 0) is 35.4 Å². The summed E-state index contributed by atoms with van der Waals surface area (Å²) in [5, 5.41) is 14.3. The second kappa shape index (κ2) is 8.49. The molecule has 1 N–H and O–H groups in total. The van der Waals surface area contributed by atoms with Gasteiger partial charge in [0.2, 0.25) is 5.91 Å². The fourth-order valence-electron chi connectivity index (χ4n) is 3.10. The molecule has 1 aromatic heterocycles. The highest BCUT2D eigenvalue weighted by molar-refractivity contribution is 8.00. The predicted molar refractivity (Wildman–Crippen MR) is 118 cm³/mol. The molecule has 1 heterocycles. The molecule has 6 heteroatoms. The Morgan fingerprint density at radius 2 is 1.72 bits per heavy atom. The van der Waals surface area contributed by atoms with Crippen molar-refractivity contribution in [3.8, 4) is 0 Å². The lowest BCUT2D eigenvalue weighted by atomic mass is 10.1. The lowest BCUT2D eigenvalue weighted by molar-refractivity contribution is -0.115. The molecule has 146 valence electrons. The second-order valence-corrected chi connectivity index (χ2v) is 8.24. The minimum absolute atomic E-state index is 0.0575. The minimum atomic E-state index is -0.297. The first-order valence-corrected chi connectivity index (χ1v) is 10.4. The van der Waals surface area contributed by atoms with Crippen LogP contribution in [0.25, 0.3) is 10.8 Å². The summed E-state index contributed by atoms with van der Waals surface area (Å²) in [6.07, 6.45) is 0.711. The van der Waals surface area contributed by atoms with Crippen molar-refractivity contribution in [3.63, 3.8) is 0 Å². The number of carbonyl (C=O) groups is 1. The largest absolute Gasteiger partial charge is 0.325 e. The second-order valence-electron chi connectivity index (χ2n) is 6.93. The molecule has 4 aromatic rings. The molecule has 0 saturated carbocycles. The first kappa shape index (κ1) is 19.2. The number of nitrogens with zero attached hydrogens (tertiary/aromatic N) is 3. The van der Waals surface area contributed by atoms with Crippen molar-refractivity contribution in [2.24, 2.45) is 7.05 Å². The third-order valence-electron chi connectivity index (χ3n) is 4.80. The Hall–Kier alpha value is -3.12. The van der Waals surface area contributed by atoms with Crippen LogP contribution in [0.2, 0.25) is 0 Å². The maximum atomic E-state index is 12.7. The topological polar surface area (TPSA) is 59.8 Å². The number of anilines is 1. The summed E-state index contributed by atoms with van der Waals surface area (Å²) in [4.78, 5) is 12.7. The van der Waals surface area contributed by atoms with Gasteiger partial charge < -0.3 is 9.88 Å². The first-order chi connectivity index (χ1) is 14.1. The van der Waals surface area contributed by atoms with Gasteiger partial charge in [0.25, 0.3) is 0 Å². The highest BCUT2D eigenvalue weighted by atomic mass is 32.2. The summed E-state index contributed by atoms with van der Waals surface area (Å²) < 4.78 is 1.96. The summed E-state index contributed by atoms with van der Waals surface area (Å²) in [5.41, 5.74) is 1.98. The molecule has 1 amide bonds. The van der Waals surface area contributed by atoms with Crippen molar-refractivity contribution >= 4 is 34.1 Å². The normalized spacial score (nSPS) is 12.1. The van der Waals surface area contributed by atoms with Gasteiger partial charge in [-0.2, -0.15) is 0 Å². The van der Waals surface area contributed by atoms with Crippen LogP contribution >= 0.6 is 11.8 Å². The molecule has 0 aliphatic heterocycles. The zero-order valence-electron chi connectivity index (χ0n) is 16.4. The van der Waals surface area contributed by atoms with Gasteiger partial charge in [-0.15, -0.1) is 10.2 Å². The summed E-state index contributed by atoms with van der Waals surface area (Å²) in [6.45, 7) is 1.88. The number of carbonyl (C=O) groups excluding carboxylic acids is 1. The van der Waals surface area contributed by atoms with Crippen LogP contribution in [-0.2, 0) is 18.3 Å². The van der Waals surface area contributed by atoms with Crippen LogP contribution < -0.4 is 5.32 Å². The van der Waals surface area contributed by atoms with E-state index >= 15 is 0 Å². The van der Waals surface area contributed by atoms with E-state index in [-0.39, 0.29) is 11.2 Å². The van der Waals surface area contributed by atoms with Crippen molar-refractivity contribution in [3.05, 3.63) is 84.2 Å². The van der Waals surface area contributed by atoms with E-state index in [0.717, 1.165) is 27.4 Å². The number of aromatic nitrogens is 3. The number of hydrogen-bond donors (Lipinski definition) is 1. The Kier molecular flexibility index (Phi) is 5.62. The fourth-order valence-corrected chi connectivity index (χ4v) is 3.94. The lowest BCUT2D eigenvalue weighted by Crippen LogP contribution is -2.22. The average Bonchev–Trinajstić information content (AvgIpc) is 3.08. The number of nitrogens with one attached hydrogen (secondary N) is 1. The zero-order chi connectivity index (χ0) is 20.2. The molecular weight excluding hydrogens is 380 g/mol. The van der Waals surface area contributed by atoms with Crippen molar-refractivity contribution in [1.82, 2.24) is 14.8 Å². The third-order valence-corrected chi connectivity index (χ3v) is 5.93. The van der Waals surface area contributed by atoms with E-state index in [2.05, 4.69) is 33.7 Å². The summed E-state index contributed by atoms with van der Waals surface area (Å²) >= 11 is 1.41. The summed E-state index contributed by atoms with van der Waals surface area (Å²) in [7, 11) is 1.94. The van der Waals surface area contributed by atoms with E-state index in [1.807, 2.05) is 73.1 Å². The van der Waals surface area contributed by atoms with Gasteiger partial charge in [0.15, 0.2) is 5.16 Å². The molecule has 0 saturated heterocycles. The van der Waals surface area contributed by atoms with Crippen LogP contribution in [0, 0.1) is 0 Å². The first-order valence-electron chi connectivity index (χ1n) is 9.48. The predicted octanol–water partition coefficient (Wildman–Crippen LogP) is 4.68. The van der Waals surface area contributed by atoms with E-state index in [4.69, 9.17) is 0 Å². The van der Waals surface area contributed by atoms with Crippen LogP contribution in [0.3, 0.4) is 0 Å². The van der Waals surface area contributed by atoms with Gasteiger partial charge in [-0.1, -0.05) is 72.4 Å². The molecule has 4 rings (SSSR count). The average molecular weight is 403 g/mol. The molecule has 0 aliphatic rings. The molecule has 0 fully saturated rings. The Balaban J connectivity index is 1.42. The molecular formula is C23H22N4OS. The molecule has 5 nitrogen and oxygen atoms in total. The number of fused-ring (bicyclic) bond motifs is 1. The van der Waals surface area contributed by atoms with Crippen LogP contribution in [0.4, 0.5) is 5.69 Å². The van der Waals surface area contributed by atoms with Crippen LogP contribution in [0.15, 0.2) is 78.0 Å². The van der Waals surface area contributed by atoms with Gasteiger partial charge in [0.1, 0.15) is 5.82 Å². The zero-order valence-corrected chi connectivity index (χ0v) is 17.2. The number of amides is 1. The fraction of sp³-hybridized carbons (Fsp3) is 0.174. The highest BCUT2D eigenvalue weighted by Crippen LogP contribution is 2.24. The third kappa shape index (κ3) is 4.49. The Labute approximate surface area is 174 Å². The van der Waals surface area contributed by atoms with Crippen molar-refractivity contribution in [2.45, 2.75) is 23.8 Å². The van der Waals surface area contributed by atoms with Gasteiger partial charge in [-0.25, -0.2) is 0 Å². The SMILES string of the molecule is C[C@H](Sc1nnc(Cc2ccccc2)n1C)C(=O)Nc1ccc2ccccc2c1. The van der Waals surface area contributed by atoms with Crippen LogP contribution in [0.1, 0.15) is 18.3 Å². The molecule has 1 atom stereocenters. The van der Waals surface area contributed by atoms with Crippen molar-refractivity contribution in [2.75, 3.05) is 5.32 Å². The van der Waals surface area contributed by atoms with Gasteiger partial charge in [0, 0.05) is 19.2 Å². The van der Waals surface area contributed by atoms with E-state index in [0.29, 0.717) is 6.42 Å². The summed E-state index contributed by atoms with van der Waals surface area (Å²) in [6, 6.07) is 24.2. The van der Waals surface area contributed by atoms with Gasteiger partial charge >= 0.3 is 0 Å². The molecule has 0 aliphatic carbocycles. The van der Waals surface area contributed by atoms with Crippen molar-refractivity contribution < 1.29 is 4.79 Å². The maximum absolute atomic E-state index is 12.7. The molecule has 0 spiro atoms. The molecule has 0 radical (unpaired) electrons. The Morgan fingerprint density at radius 3 is 2.52 bits per heavy atom. The van der Waals surface area contributed by atoms with E-state index in [1.165, 1.54) is 17.3 Å².